The molecule has 2 rings (SSSR count). The summed E-state index contributed by atoms with van der Waals surface area (Å²) in [5.41, 5.74) is 6.60. The maximum Gasteiger partial charge on any atom is 0.346 e. The number of benzene rings is 1. The molecule has 0 fully saturated rings. The molecular weight excluding hydrogens is 289 g/mol. The molecular formula is C12H13Cl2N3O2. The van der Waals surface area contributed by atoms with Gasteiger partial charge in [-0.15, -0.1) is 0 Å². The van der Waals surface area contributed by atoms with Crippen LogP contribution in [0.4, 0.5) is 4.79 Å². The highest BCUT2D eigenvalue weighted by Crippen LogP contribution is 2.31. The van der Waals surface area contributed by atoms with Crippen LogP contribution in [0.1, 0.15) is 11.6 Å². The molecule has 1 aromatic rings. The fourth-order valence-electron chi connectivity index (χ4n) is 1.95. The van der Waals surface area contributed by atoms with E-state index >= 15 is 0 Å². The Hall–Kier alpha value is -1.30. The second-order valence-electron chi connectivity index (χ2n) is 4.08. The van der Waals surface area contributed by atoms with Crippen LogP contribution in [0.2, 0.25) is 10.0 Å². The summed E-state index contributed by atoms with van der Waals surface area (Å²) in [5.74, 6) is 0.250. The molecule has 7 heteroatoms. The van der Waals surface area contributed by atoms with Gasteiger partial charge in [0, 0.05) is 13.7 Å². The molecule has 0 aromatic heterocycles. The van der Waals surface area contributed by atoms with Crippen LogP contribution < -0.4 is 5.73 Å². The molecule has 0 saturated carbocycles. The minimum Gasteiger partial charge on any atom is -0.385 e. The number of hydrogen-bond acceptors (Lipinski definition) is 3. The molecule has 5 nitrogen and oxygen atoms in total. The Morgan fingerprint density at radius 2 is 2.16 bits per heavy atom. The third-order valence-corrected chi connectivity index (χ3v) is 3.60. The summed E-state index contributed by atoms with van der Waals surface area (Å²) in [6.45, 7) is 0.816. The highest BCUT2D eigenvalue weighted by Gasteiger charge is 2.34. The van der Waals surface area contributed by atoms with Crippen LogP contribution in [0.15, 0.2) is 23.2 Å². The van der Waals surface area contributed by atoms with E-state index in [1.54, 1.807) is 30.2 Å². The zero-order chi connectivity index (χ0) is 14.0. The van der Waals surface area contributed by atoms with E-state index in [1.165, 1.54) is 0 Å². The van der Waals surface area contributed by atoms with Gasteiger partial charge >= 0.3 is 6.03 Å². The number of methoxy groups -OCH3 is 1. The van der Waals surface area contributed by atoms with Crippen molar-refractivity contribution in [3.05, 3.63) is 33.8 Å². The molecule has 1 unspecified atom stereocenters. The average Bonchev–Trinajstić information content (AvgIpc) is 2.65. The minimum absolute atomic E-state index is 0.250. The Morgan fingerprint density at radius 1 is 1.42 bits per heavy atom. The van der Waals surface area contributed by atoms with Gasteiger partial charge in [0.05, 0.1) is 16.7 Å². The number of nitrogens with two attached hydrogens (primary N) is 1. The summed E-state index contributed by atoms with van der Waals surface area (Å²) < 4.78 is 4.98. The third-order valence-electron chi connectivity index (χ3n) is 2.86. The number of rotatable bonds is 4. The number of urea groups is 1. The van der Waals surface area contributed by atoms with E-state index < -0.39 is 6.04 Å². The summed E-state index contributed by atoms with van der Waals surface area (Å²) in [7, 11) is 1.57. The van der Waals surface area contributed by atoms with E-state index in [9.17, 15) is 4.79 Å². The average molecular weight is 302 g/mol. The zero-order valence-electron chi connectivity index (χ0n) is 10.3. The lowest BCUT2D eigenvalue weighted by Gasteiger charge is -2.24. The Morgan fingerprint density at radius 3 is 2.79 bits per heavy atom. The largest absolute Gasteiger partial charge is 0.385 e. The van der Waals surface area contributed by atoms with Crippen molar-refractivity contribution in [3.8, 4) is 0 Å². The lowest BCUT2D eigenvalue weighted by Crippen LogP contribution is -2.35. The van der Waals surface area contributed by atoms with Crippen molar-refractivity contribution >= 4 is 35.1 Å². The lowest BCUT2D eigenvalue weighted by molar-refractivity contribution is 0.150. The van der Waals surface area contributed by atoms with Crippen molar-refractivity contribution in [2.75, 3.05) is 20.3 Å². The first kappa shape index (κ1) is 14.1. The Bertz CT molecular complexity index is 534. The molecule has 0 spiro atoms. The minimum atomic E-state index is -0.419. The lowest BCUT2D eigenvalue weighted by atomic mass is 10.1. The molecule has 1 aliphatic heterocycles. The number of carbonyl (C=O) groups is 1. The van der Waals surface area contributed by atoms with Crippen molar-refractivity contribution < 1.29 is 9.53 Å². The molecule has 0 aliphatic carbocycles. The van der Waals surface area contributed by atoms with Crippen LogP contribution in [0.25, 0.3) is 0 Å². The molecule has 2 N–H and O–H groups in total. The van der Waals surface area contributed by atoms with Gasteiger partial charge in [-0.2, -0.15) is 4.99 Å². The number of ether oxygens (including phenoxy) is 1. The second-order valence-corrected chi connectivity index (χ2v) is 4.90. The molecule has 1 heterocycles. The number of carbonyl (C=O) groups excluding carboxylic acids is 1. The maximum atomic E-state index is 11.8. The molecule has 1 atom stereocenters. The van der Waals surface area contributed by atoms with Crippen molar-refractivity contribution in [3.63, 3.8) is 0 Å². The van der Waals surface area contributed by atoms with Gasteiger partial charge in [-0.3, -0.25) is 0 Å². The Balaban J connectivity index is 2.31. The van der Waals surface area contributed by atoms with Crippen LogP contribution in [-0.4, -0.2) is 37.0 Å². The van der Waals surface area contributed by atoms with E-state index in [1.807, 2.05) is 0 Å². The van der Waals surface area contributed by atoms with Crippen molar-refractivity contribution in [1.82, 2.24) is 4.90 Å². The topological polar surface area (TPSA) is 67.9 Å². The Labute approximate surface area is 120 Å². The van der Waals surface area contributed by atoms with Crippen molar-refractivity contribution in [1.29, 1.82) is 0 Å². The summed E-state index contributed by atoms with van der Waals surface area (Å²) >= 11 is 11.9. The van der Waals surface area contributed by atoms with E-state index in [0.29, 0.717) is 23.2 Å². The van der Waals surface area contributed by atoms with Crippen LogP contribution >= 0.6 is 23.2 Å². The molecule has 0 bridgehead atoms. The molecule has 102 valence electrons. The first-order valence-electron chi connectivity index (χ1n) is 5.63. The first-order valence-corrected chi connectivity index (χ1v) is 6.38. The number of nitrogens with zero attached hydrogens (tertiary/aromatic N) is 2. The Kier molecular flexibility index (Phi) is 4.29. The number of aliphatic imine (C=N–C) groups is 1. The van der Waals surface area contributed by atoms with Crippen LogP contribution in [0, 0.1) is 0 Å². The van der Waals surface area contributed by atoms with Gasteiger partial charge in [0.25, 0.3) is 0 Å². The molecule has 2 amide bonds. The third kappa shape index (κ3) is 2.83. The SMILES string of the molecule is COCCN1C(=O)N=C(N)C1c1ccc(Cl)c(Cl)c1. The molecule has 1 aliphatic rings. The smallest absolute Gasteiger partial charge is 0.346 e. The van der Waals surface area contributed by atoms with E-state index in [4.69, 9.17) is 33.7 Å². The zero-order valence-corrected chi connectivity index (χ0v) is 11.8. The number of amides is 2. The van der Waals surface area contributed by atoms with Crippen LogP contribution in [-0.2, 0) is 4.74 Å². The number of hydrogen-bond donors (Lipinski definition) is 1. The van der Waals surface area contributed by atoms with Gasteiger partial charge in [-0.25, -0.2) is 4.79 Å². The van der Waals surface area contributed by atoms with Gasteiger partial charge in [0.1, 0.15) is 11.9 Å². The van der Waals surface area contributed by atoms with Crippen molar-refractivity contribution in [2.24, 2.45) is 10.7 Å². The van der Waals surface area contributed by atoms with E-state index in [-0.39, 0.29) is 11.9 Å². The molecule has 19 heavy (non-hydrogen) atoms. The van der Waals surface area contributed by atoms with Gasteiger partial charge in [0.2, 0.25) is 0 Å². The monoisotopic (exact) mass is 301 g/mol. The quantitative estimate of drug-likeness (QED) is 0.929. The van der Waals surface area contributed by atoms with Crippen LogP contribution in [0.3, 0.4) is 0 Å². The predicted molar refractivity (Wildman–Crippen MR) is 74.8 cm³/mol. The summed E-state index contributed by atoms with van der Waals surface area (Å²) in [6.07, 6.45) is 0. The summed E-state index contributed by atoms with van der Waals surface area (Å²) in [5, 5.41) is 0.867. The summed E-state index contributed by atoms with van der Waals surface area (Å²) in [4.78, 5) is 17.1. The predicted octanol–water partition coefficient (Wildman–Crippen LogP) is 2.47. The van der Waals surface area contributed by atoms with E-state index in [0.717, 1.165) is 5.56 Å². The maximum absolute atomic E-state index is 11.8. The standard InChI is InChI=1S/C12H13Cl2N3O2/c1-19-5-4-17-10(11(15)16-12(17)18)7-2-3-8(13)9(14)6-7/h2-3,6,10H,4-5H2,1H3,(H2,15,16,18). The van der Waals surface area contributed by atoms with E-state index in [2.05, 4.69) is 4.99 Å². The highest BCUT2D eigenvalue weighted by atomic mass is 35.5. The first-order chi connectivity index (χ1) is 9.04. The fourth-order valence-corrected chi connectivity index (χ4v) is 2.26. The van der Waals surface area contributed by atoms with Crippen molar-refractivity contribution in [2.45, 2.75) is 6.04 Å². The van der Waals surface area contributed by atoms with Gasteiger partial charge in [-0.05, 0) is 17.7 Å². The normalized spacial score (nSPS) is 18.9. The van der Waals surface area contributed by atoms with Gasteiger partial charge < -0.3 is 15.4 Å². The number of halogens is 2. The summed E-state index contributed by atoms with van der Waals surface area (Å²) in [6, 6.07) is 4.35. The highest BCUT2D eigenvalue weighted by molar-refractivity contribution is 6.42. The van der Waals surface area contributed by atoms with Gasteiger partial charge in [-0.1, -0.05) is 29.3 Å². The second kappa shape index (κ2) is 5.77. The molecule has 0 saturated heterocycles. The fraction of sp³-hybridized carbons (Fsp3) is 0.333. The van der Waals surface area contributed by atoms with Gasteiger partial charge in [0.15, 0.2) is 0 Å². The molecule has 0 radical (unpaired) electrons. The number of amidine groups is 1. The van der Waals surface area contributed by atoms with Crippen LogP contribution in [0.5, 0.6) is 0 Å². The molecule has 1 aromatic carbocycles.